The zero-order valence-corrected chi connectivity index (χ0v) is 11.2. The number of carbonyl (C=O) groups is 2. The quantitative estimate of drug-likeness (QED) is 0.815. The van der Waals surface area contributed by atoms with Gasteiger partial charge in [-0.25, -0.2) is 4.79 Å². The van der Waals surface area contributed by atoms with Crippen LogP contribution >= 0.6 is 0 Å². The van der Waals surface area contributed by atoms with Gasteiger partial charge in [0.2, 0.25) is 12.7 Å². The van der Waals surface area contributed by atoms with E-state index >= 15 is 0 Å². The van der Waals surface area contributed by atoms with E-state index in [-0.39, 0.29) is 13.3 Å². The van der Waals surface area contributed by atoms with E-state index in [1.54, 1.807) is 0 Å². The Balaban J connectivity index is 1.96. The Morgan fingerprint density at radius 2 is 2.10 bits per heavy atom. The first-order valence-electron chi connectivity index (χ1n) is 6.28. The molecule has 3 N–H and O–H groups in total. The van der Waals surface area contributed by atoms with Crippen molar-refractivity contribution in [1.29, 1.82) is 0 Å². The smallest absolute Gasteiger partial charge is 0.318 e. The second-order valence-electron chi connectivity index (χ2n) is 4.40. The summed E-state index contributed by atoms with van der Waals surface area (Å²) in [4.78, 5) is 24.0. The van der Waals surface area contributed by atoms with E-state index in [4.69, 9.17) is 15.2 Å². The van der Waals surface area contributed by atoms with Gasteiger partial charge in [0.15, 0.2) is 11.5 Å². The molecule has 0 saturated carbocycles. The molecule has 1 aliphatic heterocycles. The maximum absolute atomic E-state index is 11.5. The number of nitrogens with two attached hydrogens (primary N) is 1. The molecule has 7 nitrogen and oxygen atoms in total. The topological polar surface area (TPSA) is 93.9 Å². The van der Waals surface area contributed by atoms with Crippen molar-refractivity contribution in [3.05, 3.63) is 23.8 Å². The van der Waals surface area contributed by atoms with E-state index < -0.39 is 11.9 Å². The van der Waals surface area contributed by atoms with Crippen molar-refractivity contribution in [2.75, 3.05) is 19.9 Å². The number of hydrogen-bond donors (Lipinski definition) is 2. The van der Waals surface area contributed by atoms with Gasteiger partial charge in [-0.3, -0.25) is 15.0 Å². The molecule has 3 amide bonds. The normalized spacial score (nSPS) is 12.5. The molecule has 0 saturated heterocycles. The van der Waals surface area contributed by atoms with Crippen LogP contribution in [0.2, 0.25) is 0 Å². The number of imide groups is 1. The summed E-state index contributed by atoms with van der Waals surface area (Å²) in [5, 5.41) is 2.05. The SMILES string of the molecule is CCN(CC(=O)NC(N)=O)Cc1ccc2c(c1)OCO2. The number of nitrogens with zero attached hydrogens (tertiary/aromatic N) is 1. The molecule has 0 aromatic heterocycles. The van der Waals surface area contributed by atoms with Crippen molar-refractivity contribution >= 4 is 11.9 Å². The first-order chi connectivity index (χ1) is 9.58. The Hall–Kier alpha value is -2.28. The highest BCUT2D eigenvalue weighted by atomic mass is 16.7. The van der Waals surface area contributed by atoms with Gasteiger partial charge < -0.3 is 15.2 Å². The lowest BCUT2D eigenvalue weighted by Crippen LogP contribution is -2.42. The number of ether oxygens (including phenoxy) is 2. The van der Waals surface area contributed by atoms with Crippen molar-refractivity contribution in [3.8, 4) is 11.5 Å². The zero-order valence-electron chi connectivity index (χ0n) is 11.2. The lowest BCUT2D eigenvalue weighted by Gasteiger charge is -2.19. The highest BCUT2D eigenvalue weighted by molar-refractivity contribution is 5.94. The van der Waals surface area contributed by atoms with Gasteiger partial charge in [0.25, 0.3) is 0 Å². The number of likely N-dealkylation sites (N-methyl/N-ethyl adjacent to an activating group) is 1. The molecule has 0 radical (unpaired) electrons. The minimum absolute atomic E-state index is 0.105. The van der Waals surface area contributed by atoms with E-state index in [0.29, 0.717) is 18.8 Å². The Bertz CT molecular complexity index is 518. The molecule has 1 aromatic rings. The van der Waals surface area contributed by atoms with Crippen LogP contribution in [0.5, 0.6) is 11.5 Å². The van der Waals surface area contributed by atoms with Crippen LogP contribution in [0.1, 0.15) is 12.5 Å². The molecule has 7 heteroatoms. The average molecular weight is 279 g/mol. The number of nitrogens with one attached hydrogen (secondary N) is 1. The van der Waals surface area contributed by atoms with Gasteiger partial charge >= 0.3 is 6.03 Å². The number of amides is 3. The van der Waals surface area contributed by atoms with Crippen LogP contribution in [0.4, 0.5) is 4.79 Å². The zero-order chi connectivity index (χ0) is 14.5. The van der Waals surface area contributed by atoms with Gasteiger partial charge in [0.1, 0.15) is 0 Å². The van der Waals surface area contributed by atoms with Crippen LogP contribution in [0.3, 0.4) is 0 Å². The lowest BCUT2D eigenvalue weighted by molar-refractivity contribution is -0.121. The summed E-state index contributed by atoms with van der Waals surface area (Å²) in [7, 11) is 0. The summed E-state index contributed by atoms with van der Waals surface area (Å²) < 4.78 is 10.5. The third-order valence-corrected chi connectivity index (χ3v) is 2.92. The molecular formula is C13H17N3O4. The second kappa shape index (κ2) is 6.25. The molecule has 0 aliphatic carbocycles. The Morgan fingerprint density at radius 3 is 2.80 bits per heavy atom. The molecule has 0 unspecified atom stereocenters. The molecule has 0 spiro atoms. The van der Waals surface area contributed by atoms with Gasteiger partial charge in [-0.2, -0.15) is 0 Å². The standard InChI is InChI=1S/C13H17N3O4/c1-2-16(7-12(17)15-13(14)18)6-9-3-4-10-11(5-9)20-8-19-10/h3-5H,2,6-8H2,1H3,(H3,14,15,17,18). The van der Waals surface area contributed by atoms with E-state index in [1.807, 2.05) is 35.3 Å². The van der Waals surface area contributed by atoms with Crippen LogP contribution in [-0.4, -0.2) is 36.7 Å². The fourth-order valence-corrected chi connectivity index (χ4v) is 1.96. The number of hydrogen-bond acceptors (Lipinski definition) is 5. The number of urea groups is 1. The third kappa shape index (κ3) is 3.61. The van der Waals surface area contributed by atoms with Crippen LogP contribution in [0.15, 0.2) is 18.2 Å². The summed E-state index contributed by atoms with van der Waals surface area (Å²) in [6, 6.07) is 4.81. The third-order valence-electron chi connectivity index (χ3n) is 2.92. The number of fused-ring (bicyclic) bond motifs is 1. The second-order valence-corrected chi connectivity index (χ2v) is 4.40. The number of carbonyl (C=O) groups excluding carboxylic acids is 2. The van der Waals surface area contributed by atoms with Crippen molar-refractivity contribution in [1.82, 2.24) is 10.2 Å². The summed E-state index contributed by atoms with van der Waals surface area (Å²) in [6.07, 6.45) is 0. The van der Waals surface area contributed by atoms with Gasteiger partial charge in [-0.1, -0.05) is 13.0 Å². The Labute approximate surface area is 116 Å². The molecule has 108 valence electrons. The maximum atomic E-state index is 11.5. The lowest BCUT2D eigenvalue weighted by atomic mass is 10.2. The number of rotatable bonds is 5. The molecule has 2 rings (SSSR count). The molecule has 1 aliphatic rings. The van der Waals surface area contributed by atoms with Crippen LogP contribution in [0.25, 0.3) is 0 Å². The molecule has 0 fully saturated rings. The minimum atomic E-state index is -0.839. The van der Waals surface area contributed by atoms with E-state index in [9.17, 15) is 9.59 Å². The summed E-state index contributed by atoms with van der Waals surface area (Å²) in [6.45, 7) is 3.51. The highest BCUT2D eigenvalue weighted by Crippen LogP contribution is 2.32. The first kappa shape index (κ1) is 14.1. The summed E-state index contributed by atoms with van der Waals surface area (Å²) in [5.74, 6) is 1.02. The highest BCUT2D eigenvalue weighted by Gasteiger charge is 2.15. The molecule has 1 aromatic carbocycles. The van der Waals surface area contributed by atoms with Crippen molar-refractivity contribution < 1.29 is 19.1 Å². The van der Waals surface area contributed by atoms with Crippen LogP contribution in [-0.2, 0) is 11.3 Å². The van der Waals surface area contributed by atoms with E-state index in [1.165, 1.54) is 0 Å². The number of primary amides is 1. The monoisotopic (exact) mass is 279 g/mol. The van der Waals surface area contributed by atoms with E-state index in [2.05, 4.69) is 0 Å². The predicted octanol–water partition coefficient (Wildman–Crippen LogP) is 0.432. The fraction of sp³-hybridized carbons (Fsp3) is 0.385. The number of benzene rings is 1. The summed E-state index contributed by atoms with van der Waals surface area (Å²) >= 11 is 0. The van der Waals surface area contributed by atoms with Gasteiger partial charge in [-0.05, 0) is 24.2 Å². The van der Waals surface area contributed by atoms with Crippen molar-refractivity contribution in [3.63, 3.8) is 0 Å². The van der Waals surface area contributed by atoms with Gasteiger partial charge in [-0.15, -0.1) is 0 Å². The maximum Gasteiger partial charge on any atom is 0.318 e. The van der Waals surface area contributed by atoms with Crippen molar-refractivity contribution in [2.24, 2.45) is 5.73 Å². The average Bonchev–Trinajstić information content (AvgIpc) is 2.84. The fourth-order valence-electron chi connectivity index (χ4n) is 1.96. The van der Waals surface area contributed by atoms with Crippen molar-refractivity contribution in [2.45, 2.75) is 13.5 Å². The summed E-state index contributed by atoms with van der Waals surface area (Å²) in [5.41, 5.74) is 5.91. The largest absolute Gasteiger partial charge is 0.454 e. The molecule has 0 atom stereocenters. The minimum Gasteiger partial charge on any atom is -0.454 e. The van der Waals surface area contributed by atoms with Gasteiger partial charge in [0.05, 0.1) is 6.54 Å². The molecule has 1 heterocycles. The molecule has 0 bridgehead atoms. The molecule has 20 heavy (non-hydrogen) atoms. The van der Waals surface area contributed by atoms with E-state index in [0.717, 1.165) is 11.3 Å². The van der Waals surface area contributed by atoms with Gasteiger partial charge in [0, 0.05) is 6.54 Å². The van der Waals surface area contributed by atoms with Crippen LogP contribution in [0, 0.1) is 0 Å². The van der Waals surface area contributed by atoms with Crippen LogP contribution < -0.4 is 20.5 Å². The Kier molecular flexibility index (Phi) is 4.41. The predicted molar refractivity (Wildman–Crippen MR) is 71.2 cm³/mol. The molecular weight excluding hydrogens is 262 g/mol. The Morgan fingerprint density at radius 1 is 1.35 bits per heavy atom. The first-order valence-corrected chi connectivity index (χ1v) is 6.28.